The maximum absolute atomic E-state index is 13.3. The number of benzene rings is 2. The maximum Gasteiger partial charge on any atom is 0.322 e. The molecule has 1 N–H and O–H groups in total. The lowest BCUT2D eigenvalue weighted by molar-refractivity contribution is 0.212. The number of rotatable bonds is 4. The van der Waals surface area contributed by atoms with E-state index in [0.29, 0.717) is 5.69 Å². The van der Waals surface area contributed by atoms with Crippen molar-refractivity contribution in [1.82, 2.24) is 9.88 Å². The van der Waals surface area contributed by atoms with Crippen LogP contribution >= 0.6 is 0 Å². The number of nitrogens with one attached hydrogen (secondary N) is 1. The van der Waals surface area contributed by atoms with Crippen molar-refractivity contribution in [1.29, 1.82) is 0 Å². The van der Waals surface area contributed by atoms with Gasteiger partial charge in [0.15, 0.2) is 0 Å². The molecule has 3 aromatic rings. The highest BCUT2D eigenvalue weighted by molar-refractivity contribution is 5.89. The van der Waals surface area contributed by atoms with E-state index in [9.17, 15) is 9.18 Å². The lowest BCUT2D eigenvalue weighted by atomic mass is 9.97. The van der Waals surface area contributed by atoms with Gasteiger partial charge in [0.25, 0.3) is 0 Å². The SMILES string of the molecule is CN(C(=O)Nc1cccnc1)C(c1ccccc1)c1ccc(F)cc1. The monoisotopic (exact) mass is 335 g/mol. The van der Waals surface area contributed by atoms with Crippen molar-refractivity contribution in [2.24, 2.45) is 0 Å². The van der Waals surface area contributed by atoms with Gasteiger partial charge in [-0.25, -0.2) is 9.18 Å². The van der Waals surface area contributed by atoms with Crippen LogP contribution in [0, 0.1) is 5.82 Å². The van der Waals surface area contributed by atoms with Gasteiger partial charge in [-0.1, -0.05) is 42.5 Å². The first kappa shape index (κ1) is 16.6. The normalized spacial score (nSPS) is 11.6. The van der Waals surface area contributed by atoms with E-state index in [1.165, 1.54) is 12.1 Å². The van der Waals surface area contributed by atoms with Crippen LogP contribution in [-0.2, 0) is 0 Å². The van der Waals surface area contributed by atoms with Crippen LogP contribution in [0.2, 0.25) is 0 Å². The number of hydrogen-bond acceptors (Lipinski definition) is 2. The van der Waals surface area contributed by atoms with E-state index in [2.05, 4.69) is 10.3 Å². The lowest BCUT2D eigenvalue weighted by Gasteiger charge is -2.29. The number of urea groups is 1. The Labute approximate surface area is 145 Å². The summed E-state index contributed by atoms with van der Waals surface area (Å²) >= 11 is 0. The number of carbonyl (C=O) groups excluding carboxylic acids is 1. The van der Waals surface area contributed by atoms with Crippen molar-refractivity contribution in [2.75, 3.05) is 12.4 Å². The molecule has 25 heavy (non-hydrogen) atoms. The standard InChI is InChI=1S/C20H18FN3O/c1-24(20(25)23-18-8-5-13-22-14-18)19(15-6-3-2-4-7-15)16-9-11-17(21)12-10-16/h2-14,19H,1H3,(H,23,25). The second-order valence-electron chi connectivity index (χ2n) is 5.65. The van der Waals surface area contributed by atoms with Crippen molar-refractivity contribution in [3.8, 4) is 0 Å². The highest BCUT2D eigenvalue weighted by Gasteiger charge is 2.23. The Morgan fingerprint density at radius 3 is 2.32 bits per heavy atom. The molecule has 1 unspecified atom stereocenters. The Morgan fingerprint density at radius 1 is 1.00 bits per heavy atom. The van der Waals surface area contributed by atoms with Crippen LogP contribution in [0.3, 0.4) is 0 Å². The zero-order valence-corrected chi connectivity index (χ0v) is 13.8. The predicted molar refractivity (Wildman–Crippen MR) is 95.7 cm³/mol. The van der Waals surface area contributed by atoms with Gasteiger partial charge in [-0.3, -0.25) is 4.98 Å². The van der Waals surface area contributed by atoms with E-state index < -0.39 is 0 Å². The fourth-order valence-electron chi connectivity index (χ4n) is 2.69. The van der Waals surface area contributed by atoms with E-state index in [0.717, 1.165) is 11.1 Å². The number of amides is 2. The molecule has 0 fully saturated rings. The molecular formula is C20H18FN3O. The molecule has 126 valence electrons. The number of pyridine rings is 1. The molecule has 0 spiro atoms. The Kier molecular flexibility index (Phi) is 5.04. The van der Waals surface area contributed by atoms with E-state index in [4.69, 9.17) is 0 Å². The Bertz CT molecular complexity index is 823. The molecule has 5 heteroatoms. The highest BCUT2D eigenvalue weighted by atomic mass is 19.1. The maximum atomic E-state index is 13.3. The summed E-state index contributed by atoms with van der Waals surface area (Å²) < 4.78 is 13.3. The van der Waals surface area contributed by atoms with E-state index in [-0.39, 0.29) is 17.9 Å². The summed E-state index contributed by atoms with van der Waals surface area (Å²) in [5.74, 6) is -0.307. The van der Waals surface area contributed by atoms with Gasteiger partial charge >= 0.3 is 6.03 Å². The first-order valence-corrected chi connectivity index (χ1v) is 7.89. The topological polar surface area (TPSA) is 45.2 Å². The molecule has 1 heterocycles. The molecular weight excluding hydrogens is 317 g/mol. The largest absolute Gasteiger partial charge is 0.322 e. The van der Waals surface area contributed by atoms with E-state index >= 15 is 0 Å². The summed E-state index contributed by atoms with van der Waals surface area (Å²) in [6.45, 7) is 0. The minimum Gasteiger partial charge on any atom is -0.316 e. The number of carbonyl (C=O) groups is 1. The summed E-state index contributed by atoms with van der Waals surface area (Å²) in [6, 6.07) is 18.8. The third kappa shape index (κ3) is 4.01. The van der Waals surface area contributed by atoms with Crippen LogP contribution in [0.5, 0.6) is 0 Å². The number of aromatic nitrogens is 1. The molecule has 0 bridgehead atoms. The summed E-state index contributed by atoms with van der Waals surface area (Å²) in [4.78, 5) is 18.3. The smallest absolute Gasteiger partial charge is 0.316 e. The minimum absolute atomic E-state index is 0.272. The molecule has 0 aliphatic carbocycles. The average Bonchev–Trinajstić information content (AvgIpc) is 2.65. The first-order chi connectivity index (χ1) is 12.1. The molecule has 2 aromatic carbocycles. The molecule has 2 amide bonds. The van der Waals surface area contributed by atoms with Crippen LogP contribution in [0.4, 0.5) is 14.9 Å². The molecule has 1 aromatic heterocycles. The van der Waals surface area contributed by atoms with Crippen molar-refractivity contribution >= 4 is 11.7 Å². The van der Waals surface area contributed by atoms with E-state index in [1.54, 1.807) is 48.6 Å². The Hall–Kier alpha value is -3.21. The fraction of sp³-hybridized carbons (Fsp3) is 0.100. The average molecular weight is 335 g/mol. The van der Waals surface area contributed by atoms with Crippen molar-refractivity contribution in [3.05, 3.63) is 96.1 Å². The molecule has 3 rings (SSSR count). The Morgan fingerprint density at radius 2 is 1.68 bits per heavy atom. The first-order valence-electron chi connectivity index (χ1n) is 7.89. The van der Waals surface area contributed by atoms with Gasteiger partial charge in [0.2, 0.25) is 0 Å². The van der Waals surface area contributed by atoms with Gasteiger partial charge in [-0.15, -0.1) is 0 Å². The molecule has 0 aliphatic rings. The number of hydrogen-bond donors (Lipinski definition) is 1. The summed E-state index contributed by atoms with van der Waals surface area (Å²) in [6.07, 6.45) is 3.23. The van der Waals surface area contributed by atoms with Crippen molar-refractivity contribution in [3.63, 3.8) is 0 Å². The zero-order valence-electron chi connectivity index (χ0n) is 13.8. The third-order valence-corrected chi connectivity index (χ3v) is 3.92. The van der Waals surface area contributed by atoms with Gasteiger partial charge in [0, 0.05) is 13.2 Å². The number of halogens is 1. The predicted octanol–water partition coefficient (Wildman–Crippen LogP) is 4.47. The second kappa shape index (κ2) is 7.57. The third-order valence-electron chi connectivity index (χ3n) is 3.92. The van der Waals surface area contributed by atoms with Crippen LogP contribution in [0.25, 0.3) is 0 Å². The molecule has 1 atom stereocenters. The quantitative estimate of drug-likeness (QED) is 0.764. The fourth-order valence-corrected chi connectivity index (χ4v) is 2.69. The van der Waals surface area contributed by atoms with Crippen molar-refractivity contribution in [2.45, 2.75) is 6.04 Å². The van der Waals surface area contributed by atoms with Gasteiger partial charge < -0.3 is 10.2 Å². The van der Waals surface area contributed by atoms with Gasteiger partial charge in [-0.2, -0.15) is 0 Å². The van der Waals surface area contributed by atoms with Crippen molar-refractivity contribution < 1.29 is 9.18 Å². The van der Waals surface area contributed by atoms with Gasteiger partial charge in [0.05, 0.1) is 17.9 Å². The number of nitrogens with zero attached hydrogens (tertiary/aromatic N) is 2. The van der Waals surface area contributed by atoms with E-state index in [1.807, 2.05) is 30.3 Å². The van der Waals surface area contributed by atoms with Crippen LogP contribution in [0.15, 0.2) is 79.1 Å². The van der Waals surface area contributed by atoms with Gasteiger partial charge in [-0.05, 0) is 35.4 Å². The molecule has 0 saturated carbocycles. The molecule has 4 nitrogen and oxygen atoms in total. The zero-order chi connectivity index (χ0) is 17.6. The minimum atomic E-state index is -0.335. The summed E-state index contributed by atoms with van der Waals surface area (Å²) in [7, 11) is 1.72. The molecule has 0 radical (unpaired) electrons. The molecule has 0 aliphatic heterocycles. The van der Waals surface area contributed by atoms with Crippen LogP contribution in [-0.4, -0.2) is 23.0 Å². The summed E-state index contributed by atoms with van der Waals surface area (Å²) in [5, 5.41) is 2.82. The van der Waals surface area contributed by atoms with Crippen LogP contribution in [0.1, 0.15) is 17.2 Å². The highest BCUT2D eigenvalue weighted by Crippen LogP contribution is 2.28. The lowest BCUT2D eigenvalue weighted by Crippen LogP contribution is -2.35. The van der Waals surface area contributed by atoms with Crippen LogP contribution < -0.4 is 5.32 Å². The number of anilines is 1. The Balaban J connectivity index is 1.90. The van der Waals surface area contributed by atoms with Gasteiger partial charge in [0.1, 0.15) is 5.82 Å². The second-order valence-corrected chi connectivity index (χ2v) is 5.65. The molecule has 0 saturated heterocycles. The summed E-state index contributed by atoms with van der Waals surface area (Å²) in [5.41, 5.74) is 2.39.